The van der Waals surface area contributed by atoms with Crippen LogP contribution in [0.4, 0.5) is 0 Å². The second-order valence-corrected chi connectivity index (χ2v) is 8.62. The third-order valence-electron chi connectivity index (χ3n) is 5.30. The summed E-state index contributed by atoms with van der Waals surface area (Å²) in [6.45, 7) is 4.23. The molecule has 8 nitrogen and oxygen atoms in total. The molecule has 2 heterocycles. The summed E-state index contributed by atoms with van der Waals surface area (Å²) in [4.78, 5) is 13.4. The first-order valence-electron chi connectivity index (χ1n) is 9.90. The molecule has 0 bridgehead atoms. The Hall–Kier alpha value is -3.04. The number of hydrogen-bond donors (Lipinski definition) is 0. The molecule has 0 fully saturated rings. The van der Waals surface area contributed by atoms with Gasteiger partial charge < -0.3 is 4.74 Å². The molecule has 0 amide bonds. The van der Waals surface area contributed by atoms with Crippen molar-refractivity contribution in [2.75, 3.05) is 6.26 Å². The van der Waals surface area contributed by atoms with Gasteiger partial charge in [-0.25, -0.2) is 4.79 Å². The molecule has 0 unspecified atom stereocenters. The summed E-state index contributed by atoms with van der Waals surface area (Å²) in [6.07, 6.45) is 1.99. The molecule has 2 aromatic carbocycles. The van der Waals surface area contributed by atoms with Crippen LogP contribution in [0.3, 0.4) is 0 Å². The molecule has 2 aromatic heterocycles. The van der Waals surface area contributed by atoms with Crippen LogP contribution in [-0.2, 0) is 20.7 Å². The molecule has 0 spiro atoms. The molecule has 0 saturated heterocycles. The number of ether oxygens (including phenoxy) is 1. The third-order valence-corrected chi connectivity index (χ3v) is 6.65. The molecular formula is C22H23ClN6O2S. The van der Waals surface area contributed by atoms with Gasteiger partial charge in [-0.2, -0.15) is 14.5 Å². The van der Waals surface area contributed by atoms with E-state index in [0.717, 1.165) is 38.6 Å². The van der Waals surface area contributed by atoms with Crippen molar-refractivity contribution in [1.29, 1.82) is 0 Å². The maximum atomic E-state index is 12.4. The van der Waals surface area contributed by atoms with Gasteiger partial charge in [-0.15, -0.1) is 11.8 Å². The van der Waals surface area contributed by atoms with Crippen molar-refractivity contribution in [3.63, 3.8) is 0 Å². The van der Waals surface area contributed by atoms with E-state index in [4.69, 9.17) is 16.3 Å². The van der Waals surface area contributed by atoms with Crippen molar-refractivity contribution in [3.05, 3.63) is 68.7 Å². The smallest absolute Gasteiger partial charge is 0.368 e. The van der Waals surface area contributed by atoms with Crippen LogP contribution in [0.2, 0.25) is 5.15 Å². The predicted octanol–water partition coefficient (Wildman–Crippen LogP) is 3.94. The summed E-state index contributed by atoms with van der Waals surface area (Å²) in [7, 11) is 3.40. The van der Waals surface area contributed by atoms with Crippen LogP contribution in [-0.4, -0.2) is 35.8 Å². The Morgan fingerprint density at radius 3 is 2.47 bits per heavy atom. The van der Waals surface area contributed by atoms with Crippen LogP contribution in [0.25, 0.3) is 16.9 Å². The van der Waals surface area contributed by atoms with Crippen molar-refractivity contribution < 1.29 is 4.74 Å². The average molecular weight is 471 g/mol. The van der Waals surface area contributed by atoms with Crippen LogP contribution >= 0.6 is 23.4 Å². The van der Waals surface area contributed by atoms with E-state index in [0.29, 0.717) is 10.8 Å². The molecule has 4 aromatic rings. The maximum absolute atomic E-state index is 12.4. The number of halogens is 1. The fourth-order valence-electron chi connectivity index (χ4n) is 3.55. The van der Waals surface area contributed by atoms with Crippen LogP contribution in [0.1, 0.15) is 16.7 Å². The van der Waals surface area contributed by atoms with E-state index in [2.05, 4.69) is 15.5 Å². The number of aromatic nitrogens is 6. The first-order chi connectivity index (χ1) is 15.3. The highest BCUT2D eigenvalue weighted by molar-refractivity contribution is 7.98. The topological polar surface area (TPSA) is 79.8 Å². The zero-order valence-corrected chi connectivity index (χ0v) is 20.0. The second-order valence-electron chi connectivity index (χ2n) is 7.41. The van der Waals surface area contributed by atoms with Crippen molar-refractivity contribution >= 4 is 23.4 Å². The highest BCUT2D eigenvalue weighted by Crippen LogP contribution is 2.32. The fraction of sp³-hybridized carbons (Fsp3) is 0.273. The summed E-state index contributed by atoms with van der Waals surface area (Å²) in [5.41, 5.74) is 4.96. The van der Waals surface area contributed by atoms with Crippen LogP contribution < -0.4 is 10.4 Å². The first-order valence-corrected chi connectivity index (χ1v) is 11.5. The number of nitrogens with zero attached hydrogens (tertiary/aromatic N) is 6. The summed E-state index contributed by atoms with van der Waals surface area (Å²) >= 11 is 7.87. The van der Waals surface area contributed by atoms with E-state index in [-0.39, 0.29) is 12.3 Å². The lowest BCUT2D eigenvalue weighted by Gasteiger charge is -2.15. The molecule has 0 atom stereocenters. The van der Waals surface area contributed by atoms with Crippen molar-refractivity contribution in [1.82, 2.24) is 29.6 Å². The van der Waals surface area contributed by atoms with Gasteiger partial charge in [0.2, 0.25) is 0 Å². The Labute approximate surface area is 194 Å². The van der Waals surface area contributed by atoms with Gasteiger partial charge >= 0.3 is 5.69 Å². The SMILES string of the molecule is CSc1cccc(-n2nnn(C)c2=O)c1COc1ccc(-c2nn(C)c(Cl)c2C)cc1C. The standard InChI is InChI=1S/C22H23ClN6O2S/c1-13-11-15(20-14(2)21(23)27(3)24-20)9-10-18(13)31-12-16-17(7-6-8-19(16)32-5)29-22(30)28(4)25-26-29/h6-11H,12H2,1-5H3. The monoisotopic (exact) mass is 470 g/mol. The van der Waals surface area contributed by atoms with Gasteiger partial charge in [-0.3, -0.25) is 4.68 Å². The van der Waals surface area contributed by atoms with Gasteiger partial charge in [0, 0.05) is 35.7 Å². The third kappa shape index (κ3) is 3.93. The van der Waals surface area contributed by atoms with Gasteiger partial charge in [0.15, 0.2) is 0 Å². The molecule has 0 aliphatic rings. The number of aryl methyl sites for hydroxylation is 3. The molecule has 0 radical (unpaired) electrons. The van der Waals surface area contributed by atoms with Crippen molar-refractivity contribution in [2.24, 2.45) is 14.1 Å². The van der Waals surface area contributed by atoms with Gasteiger partial charge in [0.05, 0.1) is 11.4 Å². The quantitative estimate of drug-likeness (QED) is 0.397. The zero-order valence-electron chi connectivity index (χ0n) is 18.5. The molecule has 0 N–H and O–H groups in total. The number of hydrogen-bond acceptors (Lipinski definition) is 6. The van der Waals surface area contributed by atoms with E-state index in [9.17, 15) is 4.79 Å². The molecule has 166 valence electrons. The largest absolute Gasteiger partial charge is 0.489 e. The van der Waals surface area contributed by atoms with Crippen LogP contribution in [0, 0.1) is 13.8 Å². The minimum Gasteiger partial charge on any atom is -0.489 e. The molecular weight excluding hydrogens is 448 g/mol. The van der Waals surface area contributed by atoms with E-state index in [1.54, 1.807) is 23.5 Å². The lowest BCUT2D eigenvalue weighted by Crippen LogP contribution is -2.23. The first kappa shape index (κ1) is 22.2. The fourth-order valence-corrected chi connectivity index (χ4v) is 4.30. The van der Waals surface area contributed by atoms with Gasteiger partial charge in [-0.05, 0) is 66.4 Å². The molecule has 32 heavy (non-hydrogen) atoms. The summed E-state index contributed by atoms with van der Waals surface area (Å²) in [5.74, 6) is 0.752. The Morgan fingerprint density at radius 1 is 1.09 bits per heavy atom. The number of rotatable bonds is 6. The van der Waals surface area contributed by atoms with Crippen LogP contribution in [0.5, 0.6) is 5.75 Å². The number of benzene rings is 2. The zero-order chi connectivity index (χ0) is 23.0. The highest BCUT2D eigenvalue weighted by Gasteiger charge is 2.17. The highest BCUT2D eigenvalue weighted by atomic mass is 35.5. The van der Waals surface area contributed by atoms with Crippen molar-refractivity contribution in [3.8, 4) is 22.7 Å². The lowest BCUT2D eigenvalue weighted by atomic mass is 10.1. The van der Waals surface area contributed by atoms with E-state index in [1.807, 2.05) is 63.5 Å². The Bertz CT molecular complexity index is 1360. The summed E-state index contributed by atoms with van der Waals surface area (Å²) in [6, 6.07) is 11.7. The van der Waals surface area contributed by atoms with Crippen molar-refractivity contribution in [2.45, 2.75) is 25.3 Å². The van der Waals surface area contributed by atoms with E-state index < -0.39 is 0 Å². The molecule has 0 aliphatic heterocycles. The second kappa shape index (κ2) is 8.84. The normalized spacial score (nSPS) is 11.2. The predicted molar refractivity (Wildman–Crippen MR) is 126 cm³/mol. The van der Waals surface area contributed by atoms with Crippen LogP contribution in [0.15, 0.2) is 46.1 Å². The Kier molecular flexibility index (Phi) is 6.12. The molecule has 10 heteroatoms. The Morgan fingerprint density at radius 2 is 1.88 bits per heavy atom. The molecule has 4 rings (SSSR count). The van der Waals surface area contributed by atoms with Gasteiger partial charge in [0.25, 0.3) is 0 Å². The van der Waals surface area contributed by atoms with Gasteiger partial charge in [0.1, 0.15) is 17.5 Å². The number of thioether (sulfide) groups is 1. The summed E-state index contributed by atoms with van der Waals surface area (Å²) in [5, 5.41) is 13.0. The minimum absolute atomic E-state index is 0.282. The Balaban J connectivity index is 1.65. The van der Waals surface area contributed by atoms with E-state index >= 15 is 0 Å². The lowest BCUT2D eigenvalue weighted by molar-refractivity contribution is 0.300. The average Bonchev–Trinajstić information content (AvgIpc) is 3.25. The summed E-state index contributed by atoms with van der Waals surface area (Å²) < 4.78 is 10.3. The minimum atomic E-state index is -0.311. The maximum Gasteiger partial charge on any atom is 0.368 e. The molecule has 0 saturated carbocycles. The molecule has 0 aliphatic carbocycles. The van der Waals surface area contributed by atoms with E-state index in [1.165, 1.54) is 9.36 Å². The number of tetrazole rings is 1. The van der Waals surface area contributed by atoms with Gasteiger partial charge in [-0.1, -0.05) is 17.7 Å².